The van der Waals surface area contributed by atoms with Crippen molar-refractivity contribution in [1.29, 1.82) is 5.26 Å². The fraction of sp³-hybridized carbons (Fsp3) is 0.391. The zero-order valence-corrected chi connectivity index (χ0v) is 18.5. The number of nitrogens with zero attached hydrogens (tertiary/aromatic N) is 8. The van der Waals surface area contributed by atoms with Crippen LogP contribution < -0.4 is 0 Å². The molecule has 32 heavy (non-hydrogen) atoms. The minimum Gasteiger partial charge on any atom is -0.298 e. The molecular weight excluding hydrogens is 402 g/mol. The van der Waals surface area contributed by atoms with Gasteiger partial charge >= 0.3 is 0 Å². The average Bonchev–Trinajstić information content (AvgIpc) is 3.56. The number of aryl methyl sites for hydroxylation is 2. The molecule has 0 fully saturated rings. The Balaban J connectivity index is 1.59. The molecule has 0 bridgehead atoms. The third-order valence-corrected chi connectivity index (χ3v) is 5.40. The van der Waals surface area contributed by atoms with E-state index in [-0.39, 0.29) is 0 Å². The van der Waals surface area contributed by atoms with E-state index in [0.717, 1.165) is 61.4 Å². The van der Waals surface area contributed by atoms with Crippen LogP contribution in [-0.2, 0) is 19.4 Å². The number of hydrogen-bond acceptors (Lipinski definition) is 6. The first kappa shape index (κ1) is 21.4. The molecule has 9 nitrogen and oxygen atoms in total. The third kappa shape index (κ3) is 4.59. The molecule has 0 unspecified atom stereocenters. The highest BCUT2D eigenvalue weighted by atomic mass is 15.5. The lowest BCUT2D eigenvalue weighted by molar-refractivity contribution is 0.612. The smallest absolute Gasteiger partial charge is 0.221 e. The average molecular weight is 430 g/mol. The van der Waals surface area contributed by atoms with Crippen molar-refractivity contribution in [3.63, 3.8) is 0 Å². The number of aromatic nitrogens is 8. The topological polar surface area (TPSA) is 114 Å². The predicted octanol–water partition coefficient (Wildman–Crippen LogP) is 3.85. The van der Waals surface area contributed by atoms with Crippen molar-refractivity contribution < 1.29 is 0 Å². The highest BCUT2D eigenvalue weighted by Crippen LogP contribution is 2.24. The van der Waals surface area contributed by atoms with Crippen LogP contribution in [-0.4, -0.2) is 40.0 Å². The summed E-state index contributed by atoms with van der Waals surface area (Å²) in [6.07, 6.45) is 6.34. The molecule has 164 valence electrons. The first-order chi connectivity index (χ1) is 15.7. The molecule has 0 aliphatic carbocycles. The minimum absolute atomic E-state index is 0.443. The van der Waals surface area contributed by atoms with E-state index in [2.05, 4.69) is 52.7 Å². The van der Waals surface area contributed by atoms with Crippen molar-refractivity contribution in [3.8, 4) is 23.3 Å². The van der Waals surface area contributed by atoms with Crippen LogP contribution >= 0.6 is 0 Å². The van der Waals surface area contributed by atoms with E-state index in [4.69, 9.17) is 10.1 Å². The standard InChI is InChI=1S/C23H27N9/c1-3-5-7-21-25-22(8-6-4-2)31(28-21)16-17-9-11-18(12-10-17)32-19(15-24)13-14-20(32)23-26-29-30-27-23/h9-14H,3-8,16H2,1-2H3,(H,26,27,29,30). The number of benzene rings is 1. The number of rotatable bonds is 10. The molecule has 0 atom stereocenters. The Morgan fingerprint density at radius 1 is 1.00 bits per heavy atom. The molecule has 0 amide bonds. The fourth-order valence-electron chi connectivity index (χ4n) is 3.68. The van der Waals surface area contributed by atoms with Crippen molar-refractivity contribution in [1.82, 2.24) is 40.0 Å². The molecule has 4 rings (SSSR count). The van der Waals surface area contributed by atoms with E-state index in [1.54, 1.807) is 6.07 Å². The molecule has 0 saturated carbocycles. The number of H-pyrrole nitrogens is 1. The maximum Gasteiger partial charge on any atom is 0.221 e. The molecule has 0 saturated heterocycles. The first-order valence-corrected chi connectivity index (χ1v) is 11.1. The number of hydrogen-bond donors (Lipinski definition) is 1. The summed E-state index contributed by atoms with van der Waals surface area (Å²) in [5.41, 5.74) is 3.21. The Kier molecular flexibility index (Phi) is 6.70. The SMILES string of the molecule is CCCCc1nc(CCCC)n(Cc2ccc(-n3c(C#N)ccc3-c3nn[nH]n3)cc2)n1. The van der Waals surface area contributed by atoms with Crippen molar-refractivity contribution in [2.75, 3.05) is 0 Å². The van der Waals surface area contributed by atoms with Crippen molar-refractivity contribution in [2.45, 2.75) is 58.9 Å². The van der Waals surface area contributed by atoms with Crippen molar-refractivity contribution in [3.05, 3.63) is 59.3 Å². The van der Waals surface area contributed by atoms with Gasteiger partial charge in [-0.15, -0.1) is 10.2 Å². The van der Waals surface area contributed by atoms with E-state index in [1.807, 2.05) is 27.4 Å². The zero-order chi connectivity index (χ0) is 22.3. The number of nitriles is 1. The Bertz CT molecular complexity index is 1180. The molecule has 1 aromatic carbocycles. The normalized spacial score (nSPS) is 11.0. The first-order valence-electron chi connectivity index (χ1n) is 11.1. The fourth-order valence-corrected chi connectivity index (χ4v) is 3.68. The van der Waals surface area contributed by atoms with E-state index >= 15 is 0 Å². The quantitative estimate of drug-likeness (QED) is 0.409. The van der Waals surface area contributed by atoms with E-state index < -0.39 is 0 Å². The largest absolute Gasteiger partial charge is 0.298 e. The van der Waals surface area contributed by atoms with Crippen LogP contribution in [0.4, 0.5) is 0 Å². The zero-order valence-electron chi connectivity index (χ0n) is 18.5. The summed E-state index contributed by atoms with van der Waals surface area (Å²) < 4.78 is 3.87. The van der Waals surface area contributed by atoms with Crippen molar-refractivity contribution >= 4 is 0 Å². The maximum absolute atomic E-state index is 9.55. The summed E-state index contributed by atoms with van der Waals surface area (Å²) >= 11 is 0. The number of aromatic amines is 1. The predicted molar refractivity (Wildman–Crippen MR) is 120 cm³/mol. The molecule has 9 heteroatoms. The van der Waals surface area contributed by atoms with Crippen LogP contribution in [0.3, 0.4) is 0 Å². The summed E-state index contributed by atoms with van der Waals surface area (Å²) in [5, 5.41) is 28.5. The molecule has 0 spiro atoms. The Labute approximate surface area is 187 Å². The van der Waals surface area contributed by atoms with Crippen LogP contribution in [0.15, 0.2) is 36.4 Å². The Hall–Kier alpha value is -3.80. The number of unbranched alkanes of at least 4 members (excludes halogenated alkanes) is 2. The number of tetrazole rings is 1. The summed E-state index contributed by atoms with van der Waals surface area (Å²) in [7, 11) is 0. The molecule has 1 N–H and O–H groups in total. The van der Waals surface area contributed by atoms with Crippen LogP contribution in [0.5, 0.6) is 0 Å². The van der Waals surface area contributed by atoms with Crippen LogP contribution in [0, 0.1) is 11.3 Å². The van der Waals surface area contributed by atoms with Gasteiger partial charge in [0.1, 0.15) is 17.6 Å². The van der Waals surface area contributed by atoms with Gasteiger partial charge in [-0.3, -0.25) is 4.57 Å². The summed E-state index contributed by atoms with van der Waals surface area (Å²) in [6, 6.07) is 13.9. The minimum atomic E-state index is 0.443. The second-order valence-electron chi connectivity index (χ2n) is 7.76. The molecule has 4 aromatic rings. The third-order valence-electron chi connectivity index (χ3n) is 5.40. The van der Waals surface area contributed by atoms with E-state index in [0.29, 0.717) is 23.8 Å². The van der Waals surface area contributed by atoms with Crippen molar-refractivity contribution in [2.24, 2.45) is 0 Å². The van der Waals surface area contributed by atoms with Crippen LogP contribution in [0.2, 0.25) is 0 Å². The molecule has 3 aromatic heterocycles. The molecule has 0 radical (unpaired) electrons. The maximum atomic E-state index is 9.55. The second-order valence-corrected chi connectivity index (χ2v) is 7.76. The van der Waals surface area contributed by atoms with Gasteiger partial charge in [-0.1, -0.05) is 38.8 Å². The molecule has 0 aliphatic rings. The number of nitrogens with one attached hydrogen (secondary N) is 1. The van der Waals surface area contributed by atoms with Gasteiger partial charge in [0.25, 0.3) is 0 Å². The Morgan fingerprint density at radius 3 is 2.47 bits per heavy atom. The van der Waals surface area contributed by atoms with Gasteiger partial charge in [-0.2, -0.15) is 15.6 Å². The van der Waals surface area contributed by atoms with Gasteiger partial charge in [-0.05, 0) is 47.9 Å². The van der Waals surface area contributed by atoms with Gasteiger partial charge in [-0.25, -0.2) is 9.67 Å². The summed E-state index contributed by atoms with van der Waals surface area (Å²) in [4.78, 5) is 4.79. The molecule has 3 heterocycles. The van der Waals surface area contributed by atoms with Crippen LogP contribution in [0.25, 0.3) is 17.2 Å². The second kappa shape index (κ2) is 10.0. The Morgan fingerprint density at radius 2 is 1.78 bits per heavy atom. The van der Waals surface area contributed by atoms with Gasteiger partial charge in [0.2, 0.25) is 5.82 Å². The van der Waals surface area contributed by atoms with E-state index in [1.165, 1.54) is 0 Å². The van der Waals surface area contributed by atoms with Gasteiger partial charge in [0, 0.05) is 18.5 Å². The highest BCUT2D eigenvalue weighted by molar-refractivity contribution is 5.58. The summed E-state index contributed by atoms with van der Waals surface area (Å²) in [6.45, 7) is 5.05. The van der Waals surface area contributed by atoms with Gasteiger partial charge < -0.3 is 0 Å². The molecular formula is C23H27N9. The lowest BCUT2D eigenvalue weighted by atomic mass is 10.2. The lowest BCUT2D eigenvalue weighted by Crippen LogP contribution is -2.08. The monoisotopic (exact) mass is 429 g/mol. The lowest BCUT2D eigenvalue weighted by Gasteiger charge is -2.10. The highest BCUT2D eigenvalue weighted by Gasteiger charge is 2.15. The summed E-state index contributed by atoms with van der Waals surface area (Å²) in [5.74, 6) is 2.43. The van der Waals surface area contributed by atoms with E-state index in [9.17, 15) is 5.26 Å². The van der Waals surface area contributed by atoms with Gasteiger partial charge in [0.15, 0.2) is 5.82 Å². The molecule has 0 aliphatic heterocycles. The van der Waals surface area contributed by atoms with Crippen LogP contribution in [0.1, 0.15) is 62.4 Å². The van der Waals surface area contributed by atoms with Gasteiger partial charge in [0.05, 0.1) is 12.2 Å².